The second-order valence-corrected chi connectivity index (χ2v) is 3.47. The van der Waals surface area contributed by atoms with Gasteiger partial charge in [0.15, 0.2) is 6.04 Å². The third kappa shape index (κ3) is 5.17. The molecule has 0 aromatic carbocycles. The number of carbonyl (C=O) groups excluding carboxylic acids is 2. The number of hydrogen-bond acceptors (Lipinski definition) is 4. The maximum atomic E-state index is 11.3. The van der Waals surface area contributed by atoms with Gasteiger partial charge < -0.3 is 15.2 Å². The van der Waals surface area contributed by atoms with Crippen LogP contribution < -0.4 is 5.32 Å². The van der Waals surface area contributed by atoms with E-state index in [1.807, 2.05) is 0 Å². The van der Waals surface area contributed by atoms with Crippen molar-refractivity contribution in [3.05, 3.63) is 12.2 Å². The molecule has 0 aliphatic heterocycles. The molecule has 86 valence electrons. The van der Waals surface area contributed by atoms with Gasteiger partial charge in [0, 0.05) is 5.57 Å². The summed E-state index contributed by atoms with van der Waals surface area (Å²) in [5.41, 5.74) is 0.269. The van der Waals surface area contributed by atoms with E-state index in [4.69, 9.17) is 9.84 Å². The molecule has 0 aromatic rings. The summed E-state index contributed by atoms with van der Waals surface area (Å²) in [5.74, 6) is -1.13. The van der Waals surface area contributed by atoms with Crippen molar-refractivity contribution < 1.29 is 19.4 Å². The van der Waals surface area contributed by atoms with Crippen LogP contribution in [0.15, 0.2) is 12.2 Å². The molecule has 15 heavy (non-hydrogen) atoms. The first-order valence-electron chi connectivity index (χ1n) is 4.66. The predicted molar refractivity (Wildman–Crippen MR) is 55.1 cm³/mol. The van der Waals surface area contributed by atoms with Crippen LogP contribution in [0.5, 0.6) is 0 Å². The Morgan fingerprint density at radius 1 is 1.47 bits per heavy atom. The van der Waals surface area contributed by atoms with Gasteiger partial charge in [0.2, 0.25) is 5.91 Å². The molecule has 1 atom stereocenters. The van der Waals surface area contributed by atoms with Crippen LogP contribution >= 0.6 is 0 Å². The van der Waals surface area contributed by atoms with Crippen LogP contribution in [-0.4, -0.2) is 35.7 Å². The minimum atomic E-state index is -1.03. The first-order chi connectivity index (χ1) is 6.88. The van der Waals surface area contributed by atoms with Gasteiger partial charge in [0.05, 0.1) is 12.7 Å². The van der Waals surface area contributed by atoms with Crippen molar-refractivity contribution in [3.63, 3.8) is 0 Å². The number of carbonyl (C=O) groups is 2. The van der Waals surface area contributed by atoms with Gasteiger partial charge in [-0.15, -0.1) is 0 Å². The molecule has 0 aliphatic carbocycles. The Morgan fingerprint density at radius 2 is 2.00 bits per heavy atom. The van der Waals surface area contributed by atoms with E-state index in [0.717, 1.165) is 0 Å². The number of rotatable bonds is 5. The fourth-order valence-electron chi connectivity index (χ4n) is 0.775. The Labute approximate surface area is 89.1 Å². The zero-order chi connectivity index (χ0) is 12.0. The highest BCUT2D eigenvalue weighted by Gasteiger charge is 2.22. The van der Waals surface area contributed by atoms with Crippen molar-refractivity contribution in [1.29, 1.82) is 0 Å². The third-order valence-corrected chi connectivity index (χ3v) is 1.51. The molecule has 0 bridgehead atoms. The van der Waals surface area contributed by atoms with Crippen LogP contribution in [0.1, 0.15) is 20.8 Å². The van der Waals surface area contributed by atoms with Crippen LogP contribution in [0, 0.1) is 0 Å². The van der Waals surface area contributed by atoms with E-state index in [-0.39, 0.29) is 11.7 Å². The second-order valence-electron chi connectivity index (χ2n) is 3.47. The van der Waals surface area contributed by atoms with Crippen LogP contribution in [0.3, 0.4) is 0 Å². The summed E-state index contributed by atoms with van der Waals surface area (Å²) in [7, 11) is 0. The molecular formula is C10H17NO4. The summed E-state index contributed by atoms with van der Waals surface area (Å²) in [6.07, 6.45) is -0.284. The minimum Gasteiger partial charge on any atom is -0.461 e. The lowest BCUT2D eigenvalue weighted by molar-refractivity contribution is -0.152. The molecule has 0 heterocycles. The smallest absolute Gasteiger partial charge is 0.331 e. The second kappa shape index (κ2) is 6.19. The molecule has 0 saturated heterocycles. The zero-order valence-electron chi connectivity index (χ0n) is 9.24. The number of nitrogens with one attached hydrogen (secondary N) is 1. The molecule has 0 fully saturated rings. The molecule has 0 rings (SSSR count). The fourth-order valence-corrected chi connectivity index (χ4v) is 0.775. The van der Waals surface area contributed by atoms with Crippen LogP contribution in [0.25, 0.3) is 0 Å². The summed E-state index contributed by atoms with van der Waals surface area (Å²) in [6.45, 7) is 7.81. The van der Waals surface area contributed by atoms with Crippen LogP contribution in [0.4, 0.5) is 0 Å². The summed E-state index contributed by atoms with van der Waals surface area (Å²) in [6, 6.07) is -1.03. The Kier molecular flexibility index (Phi) is 5.62. The summed E-state index contributed by atoms with van der Waals surface area (Å²) in [4.78, 5) is 22.5. The van der Waals surface area contributed by atoms with Gasteiger partial charge in [-0.05, 0) is 20.8 Å². The lowest BCUT2D eigenvalue weighted by atomic mass is 10.2. The van der Waals surface area contributed by atoms with Crippen molar-refractivity contribution in [2.45, 2.75) is 32.9 Å². The SMILES string of the molecule is C=C(C)C(=O)N[C@@H](CO)C(=O)OC(C)C. The quantitative estimate of drug-likeness (QED) is 0.499. The van der Waals surface area contributed by atoms with Crippen molar-refractivity contribution in [3.8, 4) is 0 Å². The van der Waals surface area contributed by atoms with Gasteiger partial charge in [-0.1, -0.05) is 6.58 Å². The van der Waals surface area contributed by atoms with Gasteiger partial charge in [-0.25, -0.2) is 4.79 Å². The standard InChI is InChI=1S/C10H17NO4/c1-6(2)9(13)11-8(5-12)10(14)15-7(3)4/h7-8,12H,1,5H2,2-4H3,(H,11,13)/t8-/m0/s1. The van der Waals surface area contributed by atoms with Gasteiger partial charge in [0.1, 0.15) is 0 Å². The number of aliphatic hydroxyl groups is 1. The van der Waals surface area contributed by atoms with Crippen LogP contribution in [-0.2, 0) is 14.3 Å². The molecule has 1 amide bonds. The molecule has 0 unspecified atom stereocenters. The predicted octanol–water partition coefficient (Wildman–Crippen LogP) is -0.00880. The largest absolute Gasteiger partial charge is 0.461 e. The first kappa shape index (κ1) is 13.6. The molecule has 2 N–H and O–H groups in total. The van der Waals surface area contributed by atoms with Gasteiger partial charge in [-0.2, -0.15) is 0 Å². The zero-order valence-corrected chi connectivity index (χ0v) is 9.24. The third-order valence-electron chi connectivity index (χ3n) is 1.51. The van der Waals surface area contributed by atoms with E-state index in [2.05, 4.69) is 11.9 Å². The van der Waals surface area contributed by atoms with Crippen molar-refractivity contribution in [1.82, 2.24) is 5.32 Å². The van der Waals surface area contributed by atoms with Crippen LogP contribution in [0.2, 0.25) is 0 Å². The highest BCUT2D eigenvalue weighted by atomic mass is 16.5. The van der Waals surface area contributed by atoms with Crippen molar-refractivity contribution in [2.24, 2.45) is 0 Å². The molecule has 5 nitrogen and oxygen atoms in total. The normalized spacial score (nSPS) is 12.1. The number of esters is 1. The number of hydrogen-bond donors (Lipinski definition) is 2. The van der Waals surface area contributed by atoms with Crippen molar-refractivity contribution in [2.75, 3.05) is 6.61 Å². The molecule has 5 heteroatoms. The molecular weight excluding hydrogens is 198 g/mol. The molecule has 0 saturated carbocycles. The fraction of sp³-hybridized carbons (Fsp3) is 0.600. The summed E-state index contributed by atoms with van der Waals surface area (Å²) < 4.78 is 4.84. The van der Waals surface area contributed by atoms with Gasteiger partial charge in [0.25, 0.3) is 0 Å². The van der Waals surface area contributed by atoms with E-state index < -0.39 is 24.5 Å². The van der Waals surface area contributed by atoms with E-state index in [9.17, 15) is 9.59 Å². The minimum absolute atomic E-state index is 0.269. The molecule has 0 aromatic heterocycles. The summed E-state index contributed by atoms with van der Waals surface area (Å²) in [5, 5.41) is 11.2. The first-order valence-corrected chi connectivity index (χ1v) is 4.66. The highest BCUT2D eigenvalue weighted by Crippen LogP contribution is 1.96. The average Bonchev–Trinajstić information content (AvgIpc) is 2.11. The Morgan fingerprint density at radius 3 is 2.33 bits per heavy atom. The number of aliphatic hydroxyl groups excluding tert-OH is 1. The Hall–Kier alpha value is -1.36. The Bertz CT molecular complexity index is 260. The average molecular weight is 215 g/mol. The number of amides is 1. The van der Waals surface area contributed by atoms with E-state index in [0.29, 0.717) is 0 Å². The molecule has 0 aliphatic rings. The topological polar surface area (TPSA) is 75.6 Å². The Balaban J connectivity index is 4.30. The molecule has 0 spiro atoms. The monoisotopic (exact) mass is 215 g/mol. The van der Waals surface area contributed by atoms with Crippen molar-refractivity contribution >= 4 is 11.9 Å². The lowest BCUT2D eigenvalue weighted by Gasteiger charge is -2.16. The van der Waals surface area contributed by atoms with E-state index in [1.165, 1.54) is 6.92 Å². The maximum Gasteiger partial charge on any atom is 0.331 e. The summed E-state index contributed by atoms with van der Waals surface area (Å²) >= 11 is 0. The lowest BCUT2D eigenvalue weighted by Crippen LogP contribution is -2.45. The van der Waals surface area contributed by atoms with Gasteiger partial charge >= 0.3 is 5.97 Å². The number of ether oxygens (including phenoxy) is 1. The van der Waals surface area contributed by atoms with E-state index in [1.54, 1.807) is 13.8 Å². The van der Waals surface area contributed by atoms with E-state index >= 15 is 0 Å². The maximum absolute atomic E-state index is 11.3. The highest BCUT2D eigenvalue weighted by molar-refractivity contribution is 5.95. The molecule has 0 radical (unpaired) electrons. The van der Waals surface area contributed by atoms with Gasteiger partial charge in [-0.3, -0.25) is 4.79 Å².